The van der Waals surface area contributed by atoms with Gasteiger partial charge in [0.2, 0.25) is 0 Å². The minimum atomic E-state index is 0.112. The second-order valence-electron chi connectivity index (χ2n) is 16.7. The summed E-state index contributed by atoms with van der Waals surface area (Å²) in [5.41, 5.74) is 2.21. The van der Waals surface area contributed by atoms with Crippen LogP contribution in [0.5, 0.6) is 0 Å². The van der Waals surface area contributed by atoms with Gasteiger partial charge in [-0.2, -0.15) is 0 Å². The number of ketones is 2. The molecule has 0 saturated heterocycles. The summed E-state index contributed by atoms with van der Waals surface area (Å²) in [6.45, 7) is 5.02. The van der Waals surface area contributed by atoms with E-state index in [-0.39, 0.29) is 16.2 Å². The van der Waals surface area contributed by atoms with Crippen LogP contribution in [-0.4, -0.2) is 21.9 Å². The lowest BCUT2D eigenvalue weighted by atomic mass is 9.45. The fourth-order valence-corrected chi connectivity index (χ4v) is 15.0. The van der Waals surface area contributed by atoms with E-state index in [1.54, 1.807) is 11.8 Å². The van der Waals surface area contributed by atoms with Crippen molar-refractivity contribution in [1.82, 2.24) is 0 Å². The van der Waals surface area contributed by atoms with Crippen LogP contribution in [0.2, 0.25) is 0 Å². The average Bonchev–Trinajstić information content (AvgIpc) is 3.38. The van der Waals surface area contributed by atoms with Gasteiger partial charge in [-0.1, -0.05) is 31.2 Å². The molecule has 1 spiro atoms. The van der Waals surface area contributed by atoms with Gasteiger partial charge in [0.25, 0.3) is 0 Å². The van der Waals surface area contributed by atoms with Crippen LogP contribution < -0.4 is 0 Å². The van der Waals surface area contributed by atoms with Crippen LogP contribution in [0.4, 0.5) is 0 Å². The molecule has 9 aliphatic carbocycles. The number of hydrogen-bond donors (Lipinski definition) is 0. The average molecular weight is 549 g/mol. The van der Waals surface area contributed by atoms with Crippen molar-refractivity contribution in [2.75, 3.05) is 0 Å². The number of fused-ring (bicyclic) bond motifs is 6. The van der Waals surface area contributed by atoms with Crippen molar-refractivity contribution < 1.29 is 14.4 Å². The van der Waals surface area contributed by atoms with Crippen LogP contribution in [0.15, 0.2) is 11.6 Å². The van der Waals surface area contributed by atoms with Crippen molar-refractivity contribution in [3.8, 4) is 0 Å². The maximum absolute atomic E-state index is 14.1. The third-order valence-electron chi connectivity index (χ3n) is 14.9. The van der Waals surface area contributed by atoms with Crippen molar-refractivity contribution in [1.29, 1.82) is 0 Å². The molecule has 0 radical (unpaired) electrons. The molecule has 0 aromatic carbocycles. The van der Waals surface area contributed by atoms with Gasteiger partial charge in [-0.3, -0.25) is 14.4 Å². The highest BCUT2D eigenvalue weighted by atomic mass is 32.2. The van der Waals surface area contributed by atoms with Gasteiger partial charge < -0.3 is 0 Å². The molecule has 9 rings (SSSR count). The first kappa shape index (κ1) is 25.8. The molecule has 9 aliphatic rings. The summed E-state index contributed by atoms with van der Waals surface area (Å²) < 4.78 is 0. The number of rotatable bonds is 3. The molecule has 0 amide bonds. The van der Waals surface area contributed by atoms with Crippen LogP contribution in [0.3, 0.4) is 0 Å². The predicted molar refractivity (Wildman–Crippen MR) is 155 cm³/mol. The molecule has 4 heteroatoms. The summed E-state index contributed by atoms with van der Waals surface area (Å²) in [5, 5.41) is 0.765. The predicted octanol–water partition coefficient (Wildman–Crippen LogP) is 8.10. The van der Waals surface area contributed by atoms with Gasteiger partial charge in [0.1, 0.15) is 5.78 Å². The molecule has 0 aromatic heterocycles. The van der Waals surface area contributed by atoms with Crippen LogP contribution >= 0.6 is 11.8 Å². The van der Waals surface area contributed by atoms with Crippen molar-refractivity contribution in [2.24, 2.45) is 57.2 Å². The number of allylic oxidation sites excluding steroid dienone is 1. The maximum atomic E-state index is 14.1. The standard InChI is InChI=1S/C35H48O3S/c1-32-7-3-25(36)14-24(32)15-29(39-30(38)20-34-16-21-11-22(17-34)13-23(12-21)18-34)31-27(32)5-8-33(2)28(31)6-10-35(33)9-4-26(37)19-35/h14,21-23,27-29,31H,3-13,15-20H2,1-2H3/t21?,22?,23?,27?,28?,29-,31?,32?,33?,34?,35-/m1/s1. The molecule has 0 heterocycles. The Bertz CT molecular complexity index is 1120. The number of hydrogen-bond acceptors (Lipinski definition) is 4. The lowest BCUT2D eigenvalue weighted by Gasteiger charge is -2.61. The van der Waals surface area contributed by atoms with Gasteiger partial charge in [-0.05, 0) is 147 Å². The Labute approximate surface area is 239 Å². The Balaban J connectivity index is 1.10. The second kappa shape index (κ2) is 8.57. The lowest BCUT2D eigenvalue weighted by molar-refractivity contribution is -0.120. The van der Waals surface area contributed by atoms with Crippen molar-refractivity contribution in [3.05, 3.63) is 11.6 Å². The molecule has 4 bridgehead atoms. The third-order valence-corrected chi connectivity index (χ3v) is 16.1. The SMILES string of the molecule is CC12CCC(=O)C=C1C[C@@H](SC(=O)CC13CC4CC(CC(C4)C1)C3)C1C2CCC2(C)C1CC[C@@]21CCC(=O)C1. The molecule has 0 N–H and O–H groups in total. The van der Waals surface area contributed by atoms with E-state index in [1.807, 2.05) is 6.08 Å². The molecule has 8 fully saturated rings. The first-order valence-corrected chi connectivity index (χ1v) is 17.4. The molecule has 3 nitrogen and oxygen atoms in total. The van der Waals surface area contributed by atoms with Crippen molar-refractivity contribution >= 4 is 28.4 Å². The summed E-state index contributed by atoms with van der Waals surface area (Å²) in [6, 6.07) is 0. The zero-order valence-electron chi connectivity index (χ0n) is 24.3. The minimum absolute atomic E-state index is 0.112. The molecular formula is C35H48O3S. The van der Waals surface area contributed by atoms with E-state index in [0.717, 1.165) is 56.3 Å². The highest BCUT2D eigenvalue weighted by Gasteiger charge is 2.67. The fourth-order valence-electron chi connectivity index (χ4n) is 13.5. The van der Waals surface area contributed by atoms with Crippen molar-refractivity contribution in [2.45, 2.75) is 128 Å². The Morgan fingerprint density at radius 1 is 0.897 bits per heavy atom. The summed E-state index contributed by atoms with van der Waals surface area (Å²) in [7, 11) is 0. The topological polar surface area (TPSA) is 51.2 Å². The van der Waals surface area contributed by atoms with Crippen LogP contribution in [0.1, 0.15) is 123 Å². The Kier molecular flexibility index (Phi) is 5.67. The number of thioether (sulfide) groups is 1. The Hall–Kier alpha value is -0.900. The maximum Gasteiger partial charge on any atom is 0.189 e. The summed E-state index contributed by atoms with van der Waals surface area (Å²) in [5.74, 6) is 5.17. The largest absolute Gasteiger partial charge is 0.300 e. The van der Waals surface area contributed by atoms with E-state index < -0.39 is 0 Å². The lowest BCUT2D eigenvalue weighted by Crippen LogP contribution is -2.56. The molecule has 8 saturated carbocycles. The smallest absolute Gasteiger partial charge is 0.189 e. The molecule has 39 heavy (non-hydrogen) atoms. The molecule has 7 atom stereocenters. The van der Waals surface area contributed by atoms with Gasteiger partial charge in [0, 0.05) is 30.9 Å². The first-order chi connectivity index (χ1) is 18.6. The van der Waals surface area contributed by atoms with E-state index in [1.165, 1.54) is 69.8 Å². The number of carbonyl (C=O) groups is 3. The minimum Gasteiger partial charge on any atom is -0.300 e. The van der Waals surface area contributed by atoms with E-state index in [0.29, 0.717) is 51.5 Å². The van der Waals surface area contributed by atoms with E-state index >= 15 is 0 Å². The fraction of sp³-hybridized carbons (Fsp3) is 0.857. The third kappa shape index (κ3) is 3.70. The number of Topliss-reactive ketones (excluding diaryl/α,β-unsaturated/α-hetero) is 1. The molecule has 212 valence electrons. The van der Waals surface area contributed by atoms with E-state index in [9.17, 15) is 14.4 Å². The van der Waals surface area contributed by atoms with Crippen LogP contribution in [0.25, 0.3) is 0 Å². The second-order valence-corrected chi connectivity index (χ2v) is 18.0. The summed E-state index contributed by atoms with van der Waals surface area (Å²) in [6.07, 6.45) is 21.2. The zero-order chi connectivity index (χ0) is 26.8. The van der Waals surface area contributed by atoms with Crippen LogP contribution in [0, 0.1) is 57.2 Å². The van der Waals surface area contributed by atoms with Gasteiger partial charge >= 0.3 is 0 Å². The van der Waals surface area contributed by atoms with E-state index in [4.69, 9.17) is 0 Å². The quantitative estimate of drug-likeness (QED) is 0.357. The monoisotopic (exact) mass is 548 g/mol. The van der Waals surface area contributed by atoms with Gasteiger partial charge in [0.05, 0.1) is 0 Å². The molecule has 0 aromatic rings. The molecular weight excluding hydrogens is 500 g/mol. The van der Waals surface area contributed by atoms with Gasteiger partial charge in [-0.15, -0.1) is 0 Å². The van der Waals surface area contributed by atoms with Crippen molar-refractivity contribution in [3.63, 3.8) is 0 Å². The summed E-state index contributed by atoms with van der Waals surface area (Å²) in [4.78, 5) is 39.3. The zero-order valence-corrected chi connectivity index (χ0v) is 25.1. The van der Waals surface area contributed by atoms with Gasteiger partial charge in [0.15, 0.2) is 10.9 Å². The normalized spacial score (nSPS) is 53.5. The molecule has 0 aliphatic heterocycles. The highest BCUT2D eigenvalue weighted by molar-refractivity contribution is 8.14. The summed E-state index contributed by atoms with van der Waals surface area (Å²) >= 11 is 1.73. The Morgan fingerprint density at radius 2 is 1.59 bits per heavy atom. The molecule has 5 unspecified atom stereocenters. The Morgan fingerprint density at radius 3 is 2.26 bits per heavy atom. The van der Waals surface area contributed by atoms with E-state index in [2.05, 4.69) is 13.8 Å². The first-order valence-electron chi connectivity index (χ1n) is 16.6. The van der Waals surface area contributed by atoms with Crippen LogP contribution in [-0.2, 0) is 14.4 Å². The van der Waals surface area contributed by atoms with Gasteiger partial charge in [-0.25, -0.2) is 0 Å². The number of carbonyl (C=O) groups excluding carboxylic acids is 3. The highest BCUT2D eigenvalue weighted by Crippen LogP contribution is 2.73.